The molecule has 1 saturated heterocycles. The molecule has 0 amide bonds. The number of nitrogens with zero attached hydrogens (tertiary/aromatic N) is 4. The number of benzene rings is 3. The Hall–Kier alpha value is -4.59. The number of anilines is 1. The molecule has 12 nitrogen and oxygen atoms in total. The standard InChI is InChI=1S/C34H37N5O7/c1-41-17-18-44-30-29(40)27(46-33(30)39-21-38-28-31(35)36-20-37-32(28)39)19-45-34(22-7-5-4-6-8-22,23-9-13-25(42-2)14-10-23)24-11-15-26(43-3)16-12-24/h4-16,20-21,27,29-30,33,40H,17-19H2,1-3H3,(H2,35,36,37)/t27-,29?,30+,33-/m1/s1. The van der Waals surface area contributed by atoms with Gasteiger partial charge < -0.3 is 39.3 Å². The SMILES string of the molecule is COCCO[C@H]1C(O)[C@@H](COC(c2ccccc2)(c2ccc(OC)cc2)c2ccc(OC)cc2)O[C@H]1n1cnc2c(N)ncnc21. The van der Waals surface area contributed by atoms with E-state index < -0.39 is 30.1 Å². The van der Waals surface area contributed by atoms with Crippen LogP contribution in [0.3, 0.4) is 0 Å². The predicted molar refractivity (Wildman–Crippen MR) is 170 cm³/mol. The van der Waals surface area contributed by atoms with Crippen molar-refractivity contribution in [2.75, 3.05) is 46.9 Å². The summed E-state index contributed by atoms with van der Waals surface area (Å²) in [6.07, 6.45) is -0.516. The zero-order valence-electron chi connectivity index (χ0n) is 25.9. The molecule has 3 N–H and O–H groups in total. The molecule has 1 unspecified atom stereocenters. The van der Waals surface area contributed by atoms with Gasteiger partial charge in [-0.1, -0.05) is 54.6 Å². The summed E-state index contributed by atoms with van der Waals surface area (Å²) in [5, 5.41) is 11.7. The summed E-state index contributed by atoms with van der Waals surface area (Å²) in [4.78, 5) is 12.8. The van der Waals surface area contributed by atoms with Crippen LogP contribution in [-0.2, 0) is 24.5 Å². The van der Waals surface area contributed by atoms with Gasteiger partial charge in [-0.05, 0) is 41.0 Å². The lowest BCUT2D eigenvalue weighted by molar-refractivity contribution is -0.0970. The molecule has 3 aromatic carbocycles. The molecule has 2 aromatic heterocycles. The van der Waals surface area contributed by atoms with Crippen molar-refractivity contribution in [3.8, 4) is 11.5 Å². The molecule has 1 fully saturated rings. The first-order valence-electron chi connectivity index (χ1n) is 14.9. The molecule has 240 valence electrons. The Morgan fingerprint density at radius 2 is 1.46 bits per heavy atom. The van der Waals surface area contributed by atoms with Crippen LogP contribution < -0.4 is 15.2 Å². The topological polar surface area (TPSA) is 145 Å². The number of nitrogens with two attached hydrogens (primary N) is 1. The van der Waals surface area contributed by atoms with Crippen molar-refractivity contribution >= 4 is 17.0 Å². The summed E-state index contributed by atoms with van der Waals surface area (Å²) in [6, 6.07) is 25.4. The number of rotatable bonds is 13. The van der Waals surface area contributed by atoms with Crippen LogP contribution in [0.4, 0.5) is 5.82 Å². The number of aliphatic hydroxyl groups excluding tert-OH is 1. The molecule has 12 heteroatoms. The first kappa shape index (κ1) is 31.4. The Labute approximate surface area is 266 Å². The number of imidazole rings is 1. The fraction of sp³-hybridized carbons (Fsp3) is 0.324. The minimum absolute atomic E-state index is 0.00148. The van der Waals surface area contributed by atoms with E-state index in [2.05, 4.69) is 15.0 Å². The van der Waals surface area contributed by atoms with E-state index >= 15 is 0 Å². The minimum atomic E-state index is -1.10. The number of ether oxygens (including phenoxy) is 6. The number of hydrogen-bond acceptors (Lipinski definition) is 11. The molecule has 0 aliphatic carbocycles. The molecule has 0 saturated carbocycles. The van der Waals surface area contributed by atoms with Gasteiger partial charge >= 0.3 is 0 Å². The van der Waals surface area contributed by atoms with Gasteiger partial charge in [-0.2, -0.15) is 0 Å². The van der Waals surface area contributed by atoms with Crippen LogP contribution in [0.25, 0.3) is 11.2 Å². The average Bonchev–Trinajstić information content (AvgIpc) is 3.67. The number of nitrogen functional groups attached to an aromatic ring is 1. The van der Waals surface area contributed by atoms with Crippen LogP contribution >= 0.6 is 0 Å². The van der Waals surface area contributed by atoms with E-state index in [1.54, 1.807) is 32.2 Å². The van der Waals surface area contributed by atoms with E-state index in [-0.39, 0.29) is 19.0 Å². The molecule has 6 rings (SSSR count). The van der Waals surface area contributed by atoms with Crippen molar-refractivity contribution < 1.29 is 33.5 Å². The molecule has 0 spiro atoms. The van der Waals surface area contributed by atoms with Crippen LogP contribution in [0.2, 0.25) is 0 Å². The van der Waals surface area contributed by atoms with Crippen molar-refractivity contribution in [3.63, 3.8) is 0 Å². The quantitative estimate of drug-likeness (QED) is 0.146. The zero-order chi connectivity index (χ0) is 32.1. The van der Waals surface area contributed by atoms with Crippen LogP contribution in [0, 0.1) is 0 Å². The van der Waals surface area contributed by atoms with Gasteiger partial charge in [-0.25, -0.2) is 15.0 Å². The Morgan fingerprint density at radius 3 is 2.07 bits per heavy atom. The summed E-state index contributed by atoms with van der Waals surface area (Å²) in [5.74, 6) is 1.67. The molecule has 0 radical (unpaired) electrons. The summed E-state index contributed by atoms with van der Waals surface area (Å²) < 4.78 is 37.5. The fourth-order valence-electron chi connectivity index (χ4n) is 5.87. The number of aromatic nitrogens is 4. The lowest BCUT2D eigenvalue weighted by Gasteiger charge is -2.37. The highest BCUT2D eigenvalue weighted by atomic mass is 16.6. The Kier molecular flexibility index (Phi) is 9.43. The monoisotopic (exact) mass is 627 g/mol. The second-order valence-corrected chi connectivity index (χ2v) is 10.8. The van der Waals surface area contributed by atoms with Crippen LogP contribution in [0.5, 0.6) is 11.5 Å². The predicted octanol–water partition coefficient (Wildman–Crippen LogP) is 3.72. The number of fused-ring (bicyclic) bond motifs is 1. The van der Waals surface area contributed by atoms with Crippen molar-refractivity contribution in [1.82, 2.24) is 19.5 Å². The van der Waals surface area contributed by atoms with Gasteiger partial charge in [0.05, 0.1) is 40.4 Å². The summed E-state index contributed by atoms with van der Waals surface area (Å²) in [6.45, 7) is 0.572. The van der Waals surface area contributed by atoms with Gasteiger partial charge in [0.1, 0.15) is 47.3 Å². The number of hydrogen-bond donors (Lipinski definition) is 2. The Balaban J connectivity index is 1.40. The lowest BCUT2D eigenvalue weighted by atomic mass is 9.80. The number of methoxy groups -OCH3 is 3. The van der Waals surface area contributed by atoms with Gasteiger partial charge in [-0.3, -0.25) is 4.57 Å². The van der Waals surface area contributed by atoms with E-state index in [9.17, 15) is 5.11 Å². The molecule has 0 bridgehead atoms. The third-order valence-electron chi connectivity index (χ3n) is 8.21. The smallest absolute Gasteiger partial charge is 0.167 e. The maximum Gasteiger partial charge on any atom is 0.167 e. The second kappa shape index (κ2) is 13.8. The van der Waals surface area contributed by atoms with Gasteiger partial charge in [0.15, 0.2) is 17.7 Å². The molecule has 4 atom stereocenters. The van der Waals surface area contributed by atoms with E-state index in [1.807, 2.05) is 78.9 Å². The Morgan fingerprint density at radius 1 is 0.826 bits per heavy atom. The lowest BCUT2D eigenvalue weighted by Crippen LogP contribution is -2.40. The van der Waals surface area contributed by atoms with Gasteiger partial charge in [0.25, 0.3) is 0 Å². The van der Waals surface area contributed by atoms with Crippen molar-refractivity contribution in [2.45, 2.75) is 30.1 Å². The van der Waals surface area contributed by atoms with Gasteiger partial charge in [-0.15, -0.1) is 0 Å². The molecule has 46 heavy (non-hydrogen) atoms. The van der Waals surface area contributed by atoms with Gasteiger partial charge in [0.2, 0.25) is 0 Å². The van der Waals surface area contributed by atoms with E-state index in [1.165, 1.54) is 6.33 Å². The maximum absolute atomic E-state index is 11.7. The normalized spacial score (nSPS) is 19.8. The first-order valence-corrected chi connectivity index (χ1v) is 14.9. The summed E-state index contributed by atoms with van der Waals surface area (Å²) in [5.41, 5.74) is 8.44. The van der Waals surface area contributed by atoms with Crippen LogP contribution in [-0.4, -0.2) is 84.1 Å². The van der Waals surface area contributed by atoms with E-state index in [0.29, 0.717) is 29.3 Å². The fourth-order valence-corrected chi connectivity index (χ4v) is 5.87. The van der Waals surface area contributed by atoms with Crippen molar-refractivity contribution in [3.05, 3.63) is 108 Å². The zero-order valence-corrected chi connectivity index (χ0v) is 25.9. The molecule has 1 aliphatic heterocycles. The Bertz CT molecular complexity index is 1670. The molecule has 3 heterocycles. The van der Waals surface area contributed by atoms with Crippen LogP contribution in [0.1, 0.15) is 22.9 Å². The average molecular weight is 628 g/mol. The van der Waals surface area contributed by atoms with Crippen molar-refractivity contribution in [2.24, 2.45) is 0 Å². The van der Waals surface area contributed by atoms with E-state index in [0.717, 1.165) is 16.7 Å². The molecular weight excluding hydrogens is 590 g/mol. The maximum atomic E-state index is 11.7. The minimum Gasteiger partial charge on any atom is -0.497 e. The molecule has 1 aliphatic rings. The van der Waals surface area contributed by atoms with Crippen LogP contribution in [0.15, 0.2) is 91.5 Å². The second-order valence-electron chi connectivity index (χ2n) is 10.8. The highest BCUT2D eigenvalue weighted by molar-refractivity contribution is 5.81. The summed E-state index contributed by atoms with van der Waals surface area (Å²) in [7, 11) is 4.84. The highest BCUT2D eigenvalue weighted by Crippen LogP contribution is 2.43. The highest BCUT2D eigenvalue weighted by Gasteiger charge is 2.48. The first-order chi connectivity index (χ1) is 22.5. The van der Waals surface area contributed by atoms with E-state index in [4.69, 9.17) is 34.2 Å². The third-order valence-corrected chi connectivity index (χ3v) is 8.21. The molecular formula is C34H37N5O7. The number of aliphatic hydroxyl groups is 1. The summed E-state index contributed by atoms with van der Waals surface area (Å²) >= 11 is 0. The van der Waals surface area contributed by atoms with Gasteiger partial charge in [0, 0.05) is 7.11 Å². The van der Waals surface area contributed by atoms with Crippen molar-refractivity contribution in [1.29, 1.82) is 0 Å². The largest absolute Gasteiger partial charge is 0.497 e. The third kappa shape index (κ3) is 5.88. The molecule has 5 aromatic rings.